The minimum atomic E-state index is -1.03. The summed E-state index contributed by atoms with van der Waals surface area (Å²) in [6, 6.07) is 0. The third kappa shape index (κ3) is 1.75. The standard InChI is InChI=1S/C6H13NO2/c1-5(2,7-9)6(3,4)8/h8H,1-4H3. The zero-order valence-electron chi connectivity index (χ0n) is 6.30. The molecule has 3 nitrogen and oxygen atoms in total. The highest BCUT2D eigenvalue weighted by molar-refractivity contribution is 4.92. The molecular weight excluding hydrogens is 118 g/mol. The van der Waals surface area contributed by atoms with Gasteiger partial charge in [0.15, 0.2) is 0 Å². The Labute approximate surface area is 55.1 Å². The van der Waals surface area contributed by atoms with Crippen molar-refractivity contribution in [3.63, 3.8) is 0 Å². The van der Waals surface area contributed by atoms with Crippen LogP contribution in [0.3, 0.4) is 0 Å². The van der Waals surface area contributed by atoms with E-state index in [0.717, 1.165) is 0 Å². The lowest BCUT2D eigenvalue weighted by Crippen LogP contribution is -2.42. The first-order valence-electron chi connectivity index (χ1n) is 2.88. The second kappa shape index (κ2) is 2.06. The molecule has 0 aliphatic carbocycles. The molecule has 0 aliphatic heterocycles. The van der Waals surface area contributed by atoms with E-state index in [1.54, 1.807) is 27.7 Å². The second-order valence-electron chi connectivity index (χ2n) is 3.21. The molecule has 0 saturated carbocycles. The summed E-state index contributed by atoms with van der Waals surface area (Å²) in [4.78, 5) is 10.1. The molecule has 0 heterocycles. The number of hydrogen-bond donors (Lipinski definition) is 1. The van der Waals surface area contributed by atoms with Crippen LogP contribution in [0.15, 0.2) is 5.18 Å². The number of rotatable bonds is 2. The summed E-state index contributed by atoms with van der Waals surface area (Å²) in [5, 5.41) is 12.0. The average molecular weight is 131 g/mol. The number of aliphatic hydroxyl groups is 1. The minimum Gasteiger partial charge on any atom is -0.388 e. The Morgan fingerprint density at radius 1 is 1.22 bits per heavy atom. The molecule has 54 valence electrons. The quantitative estimate of drug-likeness (QED) is 0.574. The van der Waals surface area contributed by atoms with Crippen molar-refractivity contribution in [3.05, 3.63) is 4.91 Å². The monoisotopic (exact) mass is 131 g/mol. The fourth-order valence-corrected chi connectivity index (χ4v) is 0.112. The molecule has 0 aromatic rings. The molecule has 9 heavy (non-hydrogen) atoms. The summed E-state index contributed by atoms with van der Waals surface area (Å²) in [7, 11) is 0. The van der Waals surface area contributed by atoms with Gasteiger partial charge < -0.3 is 5.11 Å². The Bertz CT molecular complexity index is 113. The normalized spacial score (nSPS) is 13.4. The number of nitrogens with zero attached hydrogens (tertiary/aromatic N) is 1. The summed E-state index contributed by atoms with van der Waals surface area (Å²) >= 11 is 0. The molecular formula is C6H13NO2. The highest BCUT2D eigenvalue weighted by atomic mass is 16.3. The van der Waals surface area contributed by atoms with Crippen molar-refractivity contribution in [1.29, 1.82) is 0 Å². The van der Waals surface area contributed by atoms with Gasteiger partial charge in [0.25, 0.3) is 0 Å². The van der Waals surface area contributed by atoms with Crippen LogP contribution in [0.25, 0.3) is 0 Å². The average Bonchev–Trinajstić information content (AvgIpc) is 1.64. The predicted molar refractivity (Wildman–Crippen MR) is 36.2 cm³/mol. The molecule has 0 bridgehead atoms. The van der Waals surface area contributed by atoms with Gasteiger partial charge in [-0.1, -0.05) is 5.18 Å². The van der Waals surface area contributed by atoms with E-state index in [-0.39, 0.29) is 0 Å². The van der Waals surface area contributed by atoms with Crippen LogP contribution in [0.5, 0.6) is 0 Å². The lowest BCUT2D eigenvalue weighted by Gasteiger charge is -2.29. The highest BCUT2D eigenvalue weighted by Gasteiger charge is 2.36. The summed E-state index contributed by atoms with van der Waals surface area (Å²) < 4.78 is 0. The van der Waals surface area contributed by atoms with Crippen molar-refractivity contribution in [2.45, 2.75) is 38.8 Å². The van der Waals surface area contributed by atoms with Crippen molar-refractivity contribution in [3.8, 4) is 0 Å². The first-order chi connectivity index (χ1) is 3.81. The van der Waals surface area contributed by atoms with Gasteiger partial charge in [0.2, 0.25) is 0 Å². The van der Waals surface area contributed by atoms with Crippen molar-refractivity contribution in [2.75, 3.05) is 0 Å². The fraction of sp³-hybridized carbons (Fsp3) is 1.00. The number of nitroso groups, excluding NO2 is 1. The first kappa shape index (κ1) is 8.56. The molecule has 1 N–H and O–H groups in total. The van der Waals surface area contributed by atoms with E-state index in [0.29, 0.717) is 0 Å². The van der Waals surface area contributed by atoms with E-state index in [2.05, 4.69) is 5.18 Å². The first-order valence-corrected chi connectivity index (χ1v) is 2.88. The molecule has 0 aromatic heterocycles. The van der Waals surface area contributed by atoms with Crippen LogP contribution < -0.4 is 0 Å². The van der Waals surface area contributed by atoms with E-state index >= 15 is 0 Å². The fourth-order valence-electron chi connectivity index (χ4n) is 0.112. The van der Waals surface area contributed by atoms with E-state index in [4.69, 9.17) is 0 Å². The van der Waals surface area contributed by atoms with Crippen molar-refractivity contribution >= 4 is 0 Å². The minimum absolute atomic E-state index is 0.896. The molecule has 0 spiro atoms. The summed E-state index contributed by atoms with van der Waals surface area (Å²) in [5.74, 6) is 0. The summed E-state index contributed by atoms with van der Waals surface area (Å²) in [6.07, 6.45) is 0. The van der Waals surface area contributed by atoms with E-state index in [1.807, 2.05) is 0 Å². The lowest BCUT2D eigenvalue weighted by molar-refractivity contribution is 0.0149. The Kier molecular flexibility index (Phi) is 1.96. The maximum absolute atomic E-state index is 10.1. The lowest BCUT2D eigenvalue weighted by atomic mass is 9.87. The zero-order chi connectivity index (χ0) is 7.71. The summed E-state index contributed by atoms with van der Waals surface area (Å²) in [6.45, 7) is 6.32. The molecule has 0 aromatic carbocycles. The number of hydrogen-bond acceptors (Lipinski definition) is 3. The highest BCUT2D eigenvalue weighted by Crippen LogP contribution is 2.23. The van der Waals surface area contributed by atoms with Crippen LogP contribution >= 0.6 is 0 Å². The van der Waals surface area contributed by atoms with E-state index in [9.17, 15) is 10.0 Å². The third-order valence-corrected chi connectivity index (χ3v) is 1.73. The molecule has 0 fully saturated rings. The van der Waals surface area contributed by atoms with Gasteiger partial charge in [-0.15, -0.1) is 0 Å². The Morgan fingerprint density at radius 3 is 1.56 bits per heavy atom. The Morgan fingerprint density at radius 2 is 1.56 bits per heavy atom. The largest absolute Gasteiger partial charge is 0.388 e. The van der Waals surface area contributed by atoms with E-state index < -0.39 is 11.1 Å². The van der Waals surface area contributed by atoms with Crippen LogP contribution in [0, 0.1) is 4.91 Å². The van der Waals surface area contributed by atoms with Crippen LogP contribution in [-0.4, -0.2) is 16.2 Å². The van der Waals surface area contributed by atoms with Gasteiger partial charge in [-0.05, 0) is 27.7 Å². The Balaban J connectivity index is 4.32. The van der Waals surface area contributed by atoms with Gasteiger partial charge in [-0.25, -0.2) is 0 Å². The molecule has 0 unspecified atom stereocenters. The van der Waals surface area contributed by atoms with Crippen LogP contribution in [-0.2, 0) is 0 Å². The van der Waals surface area contributed by atoms with Gasteiger partial charge in [0, 0.05) is 0 Å². The maximum atomic E-state index is 10.1. The van der Waals surface area contributed by atoms with Gasteiger partial charge >= 0.3 is 0 Å². The maximum Gasteiger partial charge on any atom is 0.125 e. The van der Waals surface area contributed by atoms with Crippen LogP contribution in [0.1, 0.15) is 27.7 Å². The van der Waals surface area contributed by atoms with Gasteiger partial charge in [-0.2, -0.15) is 4.91 Å². The van der Waals surface area contributed by atoms with Gasteiger partial charge in [-0.3, -0.25) is 0 Å². The predicted octanol–water partition coefficient (Wildman–Crippen LogP) is 1.30. The molecule has 0 atom stereocenters. The van der Waals surface area contributed by atoms with E-state index in [1.165, 1.54) is 0 Å². The molecule has 0 aliphatic rings. The van der Waals surface area contributed by atoms with Crippen molar-refractivity contribution in [1.82, 2.24) is 0 Å². The van der Waals surface area contributed by atoms with Gasteiger partial charge in [0.1, 0.15) is 5.54 Å². The second-order valence-corrected chi connectivity index (χ2v) is 3.21. The smallest absolute Gasteiger partial charge is 0.125 e. The van der Waals surface area contributed by atoms with Crippen LogP contribution in [0.4, 0.5) is 0 Å². The van der Waals surface area contributed by atoms with Crippen LogP contribution in [0.2, 0.25) is 0 Å². The molecule has 0 saturated heterocycles. The molecule has 0 rings (SSSR count). The van der Waals surface area contributed by atoms with Crippen molar-refractivity contribution in [2.24, 2.45) is 5.18 Å². The SMILES string of the molecule is CC(C)(O)C(C)(C)N=O. The molecule has 0 radical (unpaired) electrons. The Hall–Kier alpha value is -0.440. The summed E-state index contributed by atoms with van der Waals surface area (Å²) in [5.41, 5.74) is -1.93. The topological polar surface area (TPSA) is 49.7 Å². The molecule has 0 amide bonds. The molecule has 3 heteroatoms. The van der Waals surface area contributed by atoms with Crippen molar-refractivity contribution < 1.29 is 5.11 Å². The van der Waals surface area contributed by atoms with Gasteiger partial charge in [0.05, 0.1) is 5.60 Å². The third-order valence-electron chi connectivity index (χ3n) is 1.73. The zero-order valence-corrected chi connectivity index (χ0v) is 6.30.